The minimum absolute atomic E-state index is 0.000370. The van der Waals surface area contributed by atoms with Crippen LogP contribution in [0.4, 0.5) is 0 Å². The molecule has 1 unspecified atom stereocenters. The summed E-state index contributed by atoms with van der Waals surface area (Å²) in [6.07, 6.45) is 6.67. The predicted molar refractivity (Wildman–Crippen MR) is 85.1 cm³/mol. The summed E-state index contributed by atoms with van der Waals surface area (Å²) in [5.74, 6) is -0.000370. The molecule has 5 nitrogen and oxygen atoms in total. The number of aliphatic hydroxyl groups is 1. The molecule has 5 heteroatoms. The molecule has 0 aromatic rings. The molecule has 0 bridgehead atoms. The first-order valence-corrected chi connectivity index (χ1v) is 8.44. The van der Waals surface area contributed by atoms with Crippen molar-refractivity contribution in [3.63, 3.8) is 0 Å². The Balaban J connectivity index is 2.03. The van der Waals surface area contributed by atoms with E-state index in [4.69, 9.17) is 0 Å². The molecule has 22 heavy (non-hydrogen) atoms. The van der Waals surface area contributed by atoms with Gasteiger partial charge in [0.1, 0.15) is 5.54 Å². The second-order valence-corrected chi connectivity index (χ2v) is 7.44. The summed E-state index contributed by atoms with van der Waals surface area (Å²) in [4.78, 5) is 16.4. The van der Waals surface area contributed by atoms with Crippen molar-refractivity contribution in [2.45, 2.75) is 76.0 Å². The lowest BCUT2D eigenvalue weighted by Crippen LogP contribution is -2.54. The van der Waals surface area contributed by atoms with Crippen LogP contribution >= 0.6 is 0 Å². The van der Waals surface area contributed by atoms with Gasteiger partial charge in [-0.3, -0.25) is 9.69 Å². The molecule has 1 atom stereocenters. The minimum Gasteiger partial charge on any atom is -0.389 e. The molecule has 1 aliphatic heterocycles. The van der Waals surface area contributed by atoms with E-state index in [2.05, 4.69) is 11.0 Å². The number of likely N-dealkylation sites (tertiary alicyclic amines) is 1. The lowest BCUT2D eigenvalue weighted by Gasteiger charge is -2.40. The largest absolute Gasteiger partial charge is 0.389 e. The molecule has 1 aliphatic carbocycles. The highest BCUT2D eigenvalue weighted by Gasteiger charge is 2.41. The van der Waals surface area contributed by atoms with Gasteiger partial charge in [0.05, 0.1) is 18.2 Å². The van der Waals surface area contributed by atoms with Crippen molar-refractivity contribution in [3.05, 3.63) is 0 Å². The van der Waals surface area contributed by atoms with E-state index in [-0.39, 0.29) is 11.9 Å². The Morgan fingerprint density at radius 1 is 1.36 bits per heavy atom. The minimum atomic E-state index is -0.799. The zero-order valence-corrected chi connectivity index (χ0v) is 14.1. The number of rotatable bonds is 4. The summed E-state index contributed by atoms with van der Waals surface area (Å²) in [5, 5.41) is 19.9. The van der Waals surface area contributed by atoms with Gasteiger partial charge in [0, 0.05) is 13.1 Å². The lowest BCUT2D eigenvalue weighted by molar-refractivity contribution is -0.137. The van der Waals surface area contributed by atoms with Gasteiger partial charge < -0.3 is 10.0 Å². The molecule has 2 fully saturated rings. The van der Waals surface area contributed by atoms with E-state index < -0.39 is 11.1 Å². The molecule has 124 valence electrons. The van der Waals surface area contributed by atoms with E-state index in [0.29, 0.717) is 6.54 Å². The van der Waals surface area contributed by atoms with Gasteiger partial charge in [0.15, 0.2) is 0 Å². The topological polar surface area (TPSA) is 67.6 Å². The molecule has 0 radical (unpaired) electrons. The molecule has 1 saturated heterocycles. The molecular formula is C17H29N3O2. The maximum Gasteiger partial charge on any atom is 0.237 e. The third-order valence-corrected chi connectivity index (χ3v) is 5.42. The van der Waals surface area contributed by atoms with Crippen LogP contribution in [0.15, 0.2) is 0 Å². The summed E-state index contributed by atoms with van der Waals surface area (Å²) in [5.41, 5.74) is -1.42. The highest BCUT2D eigenvalue weighted by atomic mass is 16.3. The number of hydrogen-bond acceptors (Lipinski definition) is 4. The van der Waals surface area contributed by atoms with Crippen molar-refractivity contribution in [1.29, 1.82) is 5.26 Å². The Morgan fingerprint density at radius 3 is 2.55 bits per heavy atom. The van der Waals surface area contributed by atoms with Crippen molar-refractivity contribution < 1.29 is 9.90 Å². The number of nitrogens with zero attached hydrogens (tertiary/aromatic N) is 3. The number of nitriles is 1. The Kier molecular flexibility index (Phi) is 5.14. The van der Waals surface area contributed by atoms with Gasteiger partial charge in [0.2, 0.25) is 5.91 Å². The Bertz CT molecular complexity index is 444. The zero-order chi connectivity index (χ0) is 16.4. The Hall–Kier alpha value is -1.12. The quantitative estimate of drug-likeness (QED) is 0.861. The number of carbonyl (C=O) groups excluding carboxylic acids is 1. The highest BCUT2D eigenvalue weighted by molar-refractivity contribution is 5.79. The first-order chi connectivity index (χ1) is 10.3. The van der Waals surface area contributed by atoms with E-state index in [1.807, 2.05) is 13.8 Å². The van der Waals surface area contributed by atoms with Gasteiger partial charge in [-0.05, 0) is 46.1 Å². The molecule has 1 heterocycles. The average molecular weight is 307 g/mol. The first-order valence-electron chi connectivity index (χ1n) is 8.44. The van der Waals surface area contributed by atoms with Gasteiger partial charge in [-0.15, -0.1) is 0 Å². The number of amides is 1. The van der Waals surface area contributed by atoms with Crippen molar-refractivity contribution in [2.75, 3.05) is 20.1 Å². The average Bonchev–Trinajstić information content (AvgIpc) is 2.95. The molecule has 0 aromatic heterocycles. The third-order valence-electron chi connectivity index (χ3n) is 5.42. The van der Waals surface area contributed by atoms with Gasteiger partial charge >= 0.3 is 0 Å². The van der Waals surface area contributed by atoms with Crippen LogP contribution in [0.25, 0.3) is 0 Å². The van der Waals surface area contributed by atoms with Crippen LogP contribution in [0.3, 0.4) is 0 Å². The van der Waals surface area contributed by atoms with Crippen molar-refractivity contribution in [3.8, 4) is 6.07 Å². The molecule has 2 aliphatic rings. The van der Waals surface area contributed by atoms with Gasteiger partial charge in [0.25, 0.3) is 0 Å². The first kappa shape index (κ1) is 17.2. The Morgan fingerprint density at radius 2 is 2.00 bits per heavy atom. The standard InChI is InChI=1S/C17H29N3O2/c1-16(2,22)14-8-7-11-20(14)12-15(21)19(3)17(13-18)9-5-4-6-10-17/h14,22H,4-12H2,1-3H3. The van der Waals surface area contributed by atoms with E-state index >= 15 is 0 Å². The monoisotopic (exact) mass is 307 g/mol. The molecular weight excluding hydrogens is 278 g/mol. The molecule has 1 saturated carbocycles. The number of carbonyl (C=O) groups is 1. The molecule has 1 N–H and O–H groups in total. The van der Waals surface area contributed by atoms with Gasteiger partial charge in [-0.25, -0.2) is 0 Å². The summed E-state index contributed by atoms with van der Waals surface area (Å²) in [6, 6.07) is 2.42. The fourth-order valence-electron chi connectivity index (χ4n) is 3.99. The maximum absolute atomic E-state index is 12.7. The van der Waals surface area contributed by atoms with Crippen LogP contribution in [-0.4, -0.2) is 58.1 Å². The van der Waals surface area contributed by atoms with Crippen LogP contribution in [-0.2, 0) is 4.79 Å². The second-order valence-electron chi connectivity index (χ2n) is 7.44. The second kappa shape index (κ2) is 6.55. The van der Waals surface area contributed by atoms with E-state index in [9.17, 15) is 15.2 Å². The highest BCUT2D eigenvalue weighted by Crippen LogP contribution is 2.33. The van der Waals surface area contributed by atoms with Gasteiger partial charge in [-0.2, -0.15) is 5.26 Å². The number of likely N-dealkylation sites (N-methyl/N-ethyl adjacent to an activating group) is 1. The summed E-state index contributed by atoms with van der Waals surface area (Å²) in [7, 11) is 1.77. The van der Waals surface area contributed by atoms with E-state index in [1.165, 1.54) is 0 Å². The zero-order valence-electron chi connectivity index (χ0n) is 14.1. The third kappa shape index (κ3) is 3.44. The normalized spacial score (nSPS) is 25.7. The van der Waals surface area contributed by atoms with Crippen LogP contribution in [0.1, 0.15) is 58.8 Å². The van der Waals surface area contributed by atoms with Crippen LogP contribution < -0.4 is 0 Å². The molecule has 2 rings (SSSR count). The SMILES string of the molecule is CN(C(=O)CN1CCCC1C(C)(C)O)C1(C#N)CCCCC1. The maximum atomic E-state index is 12.7. The van der Waals surface area contributed by atoms with Crippen LogP contribution in [0, 0.1) is 11.3 Å². The molecule has 0 spiro atoms. The Labute approximate surface area is 133 Å². The van der Waals surface area contributed by atoms with Gasteiger partial charge in [-0.1, -0.05) is 19.3 Å². The van der Waals surface area contributed by atoms with E-state index in [1.54, 1.807) is 11.9 Å². The van der Waals surface area contributed by atoms with Crippen molar-refractivity contribution in [1.82, 2.24) is 9.80 Å². The number of hydrogen-bond donors (Lipinski definition) is 1. The molecule has 0 aromatic carbocycles. The van der Waals surface area contributed by atoms with Crippen molar-refractivity contribution >= 4 is 5.91 Å². The van der Waals surface area contributed by atoms with E-state index in [0.717, 1.165) is 51.5 Å². The summed E-state index contributed by atoms with van der Waals surface area (Å²) >= 11 is 0. The summed E-state index contributed by atoms with van der Waals surface area (Å²) in [6.45, 7) is 4.76. The smallest absolute Gasteiger partial charge is 0.237 e. The summed E-state index contributed by atoms with van der Waals surface area (Å²) < 4.78 is 0. The predicted octanol–water partition coefficient (Wildman–Crippen LogP) is 1.91. The lowest BCUT2D eigenvalue weighted by atomic mass is 9.81. The fraction of sp³-hybridized carbons (Fsp3) is 0.882. The molecule has 1 amide bonds. The van der Waals surface area contributed by atoms with Crippen molar-refractivity contribution in [2.24, 2.45) is 0 Å². The van der Waals surface area contributed by atoms with Crippen LogP contribution in [0.2, 0.25) is 0 Å². The van der Waals surface area contributed by atoms with Crippen LogP contribution in [0.5, 0.6) is 0 Å². The fourth-order valence-corrected chi connectivity index (χ4v) is 3.99.